The average molecular weight is 283 g/mol. The molecule has 0 saturated heterocycles. The van der Waals surface area contributed by atoms with E-state index in [9.17, 15) is 0 Å². The first-order valence-corrected chi connectivity index (χ1v) is 7.38. The molecular formula is C19H25NO. The molecule has 112 valence electrons. The highest BCUT2D eigenvalue weighted by Gasteiger charge is 2.20. The van der Waals surface area contributed by atoms with Gasteiger partial charge in [-0.05, 0) is 62.6 Å². The van der Waals surface area contributed by atoms with Gasteiger partial charge in [0, 0.05) is 5.56 Å². The second kappa shape index (κ2) is 6.31. The van der Waals surface area contributed by atoms with Crippen LogP contribution >= 0.6 is 0 Å². The van der Waals surface area contributed by atoms with Gasteiger partial charge in [0.1, 0.15) is 5.75 Å². The van der Waals surface area contributed by atoms with Crippen LogP contribution in [0.25, 0.3) is 0 Å². The highest BCUT2D eigenvalue weighted by Crippen LogP contribution is 2.35. The number of aryl methyl sites for hydroxylation is 2. The largest absolute Gasteiger partial charge is 0.496 e. The Kier molecular flexibility index (Phi) is 4.69. The Hall–Kier alpha value is -1.80. The number of nitrogens with one attached hydrogen (secondary N) is 1. The molecule has 0 aliphatic heterocycles. The van der Waals surface area contributed by atoms with Gasteiger partial charge < -0.3 is 10.1 Å². The fourth-order valence-corrected chi connectivity index (χ4v) is 2.87. The molecule has 2 nitrogen and oxygen atoms in total. The molecule has 1 unspecified atom stereocenters. The Bertz CT molecular complexity index is 646. The molecular weight excluding hydrogens is 258 g/mol. The highest BCUT2D eigenvalue weighted by molar-refractivity contribution is 5.51. The van der Waals surface area contributed by atoms with Crippen LogP contribution in [0.1, 0.15) is 39.4 Å². The number of benzene rings is 2. The summed E-state index contributed by atoms with van der Waals surface area (Å²) in [5.74, 6) is 0.982. The number of ether oxygens (including phenoxy) is 1. The standard InChI is InChI=1S/C19H25NO/c1-12-8-7-9-16(14(12)3)18(20-5)17-11-10-13(2)15(4)19(17)21-6/h7-11,18,20H,1-6H3. The van der Waals surface area contributed by atoms with Crippen molar-refractivity contribution in [3.05, 3.63) is 63.7 Å². The summed E-state index contributed by atoms with van der Waals surface area (Å²) in [6.45, 7) is 8.58. The lowest BCUT2D eigenvalue weighted by molar-refractivity contribution is 0.402. The Morgan fingerprint density at radius 2 is 1.52 bits per heavy atom. The third-order valence-electron chi connectivity index (χ3n) is 4.47. The zero-order chi connectivity index (χ0) is 15.6. The Labute approximate surface area is 128 Å². The molecule has 0 fully saturated rings. The van der Waals surface area contributed by atoms with E-state index in [0.29, 0.717) is 0 Å². The molecule has 2 heteroatoms. The molecule has 1 N–H and O–H groups in total. The number of methoxy groups -OCH3 is 1. The maximum Gasteiger partial charge on any atom is 0.127 e. The first kappa shape index (κ1) is 15.6. The van der Waals surface area contributed by atoms with E-state index in [0.717, 1.165) is 5.75 Å². The van der Waals surface area contributed by atoms with Gasteiger partial charge in [0.15, 0.2) is 0 Å². The van der Waals surface area contributed by atoms with Crippen LogP contribution in [0.15, 0.2) is 30.3 Å². The van der Waals surface area contributed by atoms with E-state index in [1.807, 2.05) is 7.05 Å². The minimum atomic E-state index is 0.138. The normalized spacial score (nSPS) is 12.3. The summed E-state index contributed by atoms with van der Waals surface area (Å²) in [5, 5.41) is 3.44. The van der Waals surface area contributed by atoms with Crippen molar-refractivity contribution in [3.8, 4) is 5.75 Å². The van der Waals surface area contributed by atoms with E-state index >= 15 is 0 Å². The number of hydrogen-bond acceptors (Lipinski definition) is 2. The van der Waals surface area contributed by atoms with Gasteiger partial charge in [-0.3, -0.25) is 0 Å². The van der Waals surface area contributed by atoms with Crippen molar-refractivity contribution < 1.29 is 4.74 Å². The summed E-state index contributed by atoms with van der Waals surface area (Å²) in [5.41, 5.74) is 7.61. The molecule has 0 saturated carbocycles. The molecule has 0 radical (unpaired) electrons. The van der Waals surface area contributed by atoms with Gasteiger partial charge in [-0.1, -0.05) is 30.3 Å². The van der Waals surface area contributed by atoms with Gasteiger partial charge in [-0.2, -0.15) is 0 Å². The molecule has 0 amide bonds. The van der Waals surface area contributed by atoms with Gasteiger partial charge in [-0.25, -0.2) is 0 Å². The molecule has 0 heterocycles. The monoisotopic (exact) mass is 283 g/mol. The van der Waals surface area contributed by atoms with Crippen molar-refractivity contribution >= 4 is 0 Å². The summed E-state index contributed by atoms with van der Waals surface area (Å²) in [4.78, 5) is 0. The van der Waals surface area contributed by atoms with Gasteiger partial charge in [-0.15, -0.1) is 0 Å². The summed E-state index contributed by atoms with van der Waals surface area (Å²) < 4.78 is 5.69. The number of hydrogen-bond donors (Lipinski definition) is 1. The lowest BCUT2D eigenvalue weighted by Crippen LogP contribution is -2.20. The Morgan fingerprint density at radius 3 is 2.14 bits per heavy atom. The zero-order valence-corrected chi connectivity index (χ0v) is 13.9. The minimum Gasteiger partial charge on any atom is -0.496 e. The topological polar surface area (TPSA) is 21.3 Å². The molecule has 1 atom stereocenters. The van der Waals surface area contributed by atoms with Crippen LogP contribution in [-0.2, 0) is 0 Å². The Balaban J connectivity index is 2.62. The van der Waals surface area contributed by atoms with E-state index < -0.39 is 0 Å². The van der Waals surface area contributed by atoms with Crippen molar-refractivity contribution in [1.82, 2.24) is 5.32 Å². The predicted molar refractivity (Wildman–Crippen MR) is 89.3 cm³/mol. The predicted octanol–water partition coefficient (Wildman–Crippen LogP) is 4.24. The third-order valence-corrected chi connectivity index (χ3v) is 4.47. The molecule has 2 rings (SSSR count). The Morgan fingerprint density at radius 1 is 0.857 bits per heavy atom. The van der Waals surface area contributed by atoms with E-state index in [-0.39, 0.29) is 6.04 Å². The molecule has 0 aliphatic carbocycles. The second-order valence-electron chi connectivity index (χ2n) is 5.64. The highest BCUT2D eigenvalue weighted by atomic mass is 16.5. The quantitative estimate of drug-likeness (QED) is 0.906. The fraction of sp³-hybridized carbons (Fsp3) is 0.368. The van der Waals surface area contributed by atoms with E-state index in [1.165, 1.54) is 33.4 Å². The van der Waals surface area contributed by atoms with E-state index in [1.54, 1.807) is 7.11 Å². The first-order chi connectivity index (χ1) is 10.0. The van der Waals surface area contributed by atoms with Crippen molar-refractivity contribution in [1.29, 1.82) is 0 Å². The van der Waals surface area contributed by atoms with Crippen LogP contribution in [0.5, 0.6) is 5.75 Å². The summed E-state index contributed by atoms with van der Waals surface area (Å²) in [7, 11) is 3.75. The van der Waals surface area contributed by atoms with Crippen LogP contribution in [0.3, 0.4) is 0 Å². The minimum absolute atomic E-state index is 0.138. The SMILES string of the molecule is CNC(c1cccc(C)c1C)c1ccc(C)c(C)c1OC. The van der Waals surface area contributed by atoms with Crippen LogP contribution < -0.4 is 10.1 Å². The molecule has 0 spiro atoms. The third kappa shape index (κ3) is 2.81. The zero-order valence-electron chi connectivity index (χ0n) is 13.9. The van der Waals surface area contributed by atoms with Crippen LogP contribution in [0.2, 0.25) is 0 Å². The molecule has 21 heavy (non-hydrogen) atoms. The molecule has 2 aromatic rings. The van der Waals surface area contributed by atoms with Crippen LogP contribution in [0.4, 0.5) is 0 Å². The maximum absolute atomic E-state index is 5.69. The van der Waals surface area contributed by atoms with Gasteiger partial charge >= 0.3 is 0 Å². The van der Waals surface area contributed by atoms with Crippen molar-refractivity contribution in [3.63, 3.8) is 0 Å². The fourth-order valence-electron chi connectivity index (χ4n) is 2.87. The van der Waals surface area contributed by atoms with Gasteiger partial charge in [0.25, 0.3) is 0 Å². The average Bonchev–Trinajstić information content (AvgIpc) is 2.48. The van der Waals surface area contributed by atoms with Gasteiger partial charge in [0.2, 0.25) is 0 Å². The summed E-state index contributed by atoms with van der Waals surface area (Å²) in [6, 6.07) is 10.9. The van der Waals surface area contributed by atoms with Crippen LogP contribution in [-0.4, -0.2) is 14.2 Å². The second-order valence-corrected chi connectivity index (χ2v) is 5.64. The lowest BCUT2D eigenvalue weighted by Gasteiger charge is -2.24. The first-order valence-electron chi connectivity index (χ1n) is 7.38. The number of rotatable bonds is 4. The van der Waals surface area contributed by atoms with Gasteiger partial charge in [0.05, 0.1) is 13.2 Å². The summed E-state index contributed by atoms with van der Waals surface area (Å²) in [6.07, 6.45) is 0. The van der Waals surface area contributed by atoms with E-state index in [4.69, 9.17) is 4.74 Å². The molecule has 0 aliphatic rings. The summed E-state index contributed by atoms with van der Waals surface area (Å²) >= 11 is 0. The van der Waals surface area contributed by atoms with Crippen molar-refractivity contribution in [2.45, 2.75) is 33.7 Å². The maximum atomic E-state index is 5.69. The van der Waals surface area contributed by atoms with Crippen molar-refractivity contribution in [2.75, 3.05) is 14.2 Å². The van der Waals surface area contributed by atoms with E-state index in [2.05, 4.69) is 63.3 Å². The van der Waals surface area contributed by atoms with Crippen molar-refractivity contribution in [2.24, 2.45) is 0 Å². The molecule has 2 aromatic carbocycles. The van der Waals surface area contributed by atoms with Crippen LogP contribution in [0, 0.1) is 27.7 Å². The lowest BCUT2D eigenvalue weighted by atomic mass is 9.90. The molecule has 0 bridgehead atoms. The molecule has 0 aromatic heterocycles. The smallest absolute Gasteiger partial charge is 0.127 e.